The van der Waals surface area contributed by atoms with E-state index >= 15 is 0 Å². The number of anilines is 2. The molecule has 0 aromatic carbocycles. The van der Waals surface area contributed by atoms with Crippen LogP contribution in [0.3, 0.4) is 0 Å². The number of aliphatic hydroxyl groups excluding tert-OH is 1. The van der Waals surface area contributed by atoms with E-state index in [-0.39, 0.29) is 18.6 Å². The normalized spacial score (nSPS) is 13.9. The molecule has 0 saturated heterocycles. The molecule has 3 N–H and O–H groups in total. The first kappa shape index (κ1) is 15.7. The summed E-state index contributed by atoms with van der Waals surface area (Å²) in [4.78, 5) is 8.99. The maximum absolute atomic E-state index is 9.18. The third-order valence-corrected chi connectivity index (χ3v) is 3.12. The lowest BCUT2D eigenvalue weighted by Gasteiger charge is -2.20. The van der Waals surface area contributed by atoms with Gasteiger partial charge in [-0.05, 0) is 26.2 Å². The fourth-order valence-electron chi connectivity index (χ4n) is 1.71. The zero-order valence-corrected chi connectivity index (χ0v) is 12.4. The minimum Gasteiger partial charge on any atom is -0.396 e. The van der Waals surface area contributed by atoms with Crippen LogP contribution >= 0.6 is 0 Å². The smallest absolute Gasteiger partial charge is 0.133 e. The van der Waals surface area contributed by atoms with Crippen molar-refractivity contribution < 1.29 is 5.11 Å². The Morgan fingerprint density at radius 3 is 2.47 bits per heavy atom. The van der Waals surface area contributed by atoms with Crippen molar-refractivity contribution in [1.82, 2.24) is 9.97 Å². The summed E-state index contributed by atoms with van der Waals surface area (Å²) in [6.07, 6.45) is 1.90. The highest BCUT2D eigenvalue weighted by atomic mass is 16.3. The molecule has 0 aliphatic heterocycles. The molecule has 2 unspecified atom stereocenters. The Bertz CT molecular complexity index is 359. The Morgan fingerprint density at radius 2 is 1.89 bits per heavy atom. The van der Waals surface area contributed by atoms with Gasteiger partial charge in [0.25, 0.3) is 0 Å². The molecule has 1 rings (SSSR count). The average molecular weight is 266 g/mol. The van der Waals surface area contributed by atoms with Gasteiger partial charge >= 0.3 is 0 Å². The molecule has 0 spiro atoms. The number of rotatable bonds is 8. The zero-order chi connectivity index (χ0) is 14.3. The van der Waals surface area contributed by atoms with Crippen molar-refractivity contribution in [1.29, 1.82) is 0 Å². The molecular formula is C14H26N4O. The number of aromatic nitrogens is 2. The molecule has 0 fully saturated rings. The third kappa shape index (κ3) is 5.03. The fraction of sp³-hybridized carbons (Fsp3) is 0.714. The predicted octanol–water partition coefficient (Wildman–Crippen LogP) is 2.29. The largest absolute Gasteiger partial charge is 0.396 e. The topological polar surface area (TPSA) is 70.1 Å². The van der Waals surface area contributed by atoms with Gasteiger partial charge in [0.1, 0.15) is 17.5 Å². The average Bonchev–Trinajstić information content (AvgIpc) is 2.38. The molecule has 0 aliphatic carbocycles. The van der Waals surface area contributed by atoms with Crippen LogP contribution in [0, 0.1) is 5.92 Å². The van der Waals surface area contributed by atoms with Crippen molar-refractivity contribution in [3.8, 4) is 0 Å². The van der Waals surface area contributed by atoms with Crippen LogP contribution in [0.1, 0.15) is 39.9 Å². The van der Waals surface area contributed by atoms with Crippen molar-refractivity contribution in [3.05, 3.63) is 11.9 Å². The van der Waals surface area contributed by atoms with Crippen molar-refractivity contribution in [2.45, 2.75) is 46.6 Å². The second-order valence-corrected chi connectivity index (χ2v) is 4.93. The molecule has 0 radical (unpaired) electrons. The molecule has 0 aliphatic rings. The highest BCUT2D eigenvalue weighted by Gasteiger charge is 2.12. The van der Waals surface area contributed by atoms with Gasteiger partial charge in [-0.15, -0.1) is 0 Å². The molecular weight excluding hydrogens is 240 g/mol. The summed E-state index contributed by atoms with van der Waals surface area (Å²) >= 11 is 0. The quantitative estimate of drug-likeness (QED) is 0.673. The molecule has 19 heavy (non-hydrogen) atoms. The lowest BCUT2D eigenvalue weighted by molar-refractivity contribution is 0.226. The van der Waals surface area contributed by atoms with Crippen LogP contribution in [-0.2, 0) is 6.42 Å². The summed E-state index contributed by atoms with van der Waals surface area (Å²) in [5, 5.41) is 15.7. The van der Waals surface area contributed by atoms with E-state index in [0.29, 0.717) is 0 Å². The summed E-state index contributed by atoms with van der Waals surface area (Å²) in [5.41, 5.74) is 0. The SMILES string of the molecule is CCCc1nc(NCC)cc(NC(C)C(C)CO)n1. The Kier molecular flexibility index (Phi) is 6.56. The van der Waals surface area contributed by atoms with E-state index in [2.05, 4.69) is 34.4 Å². The molecule has 1 heterocycles. The lowest BCUT2D eigenvalue weighted by Crippen LogP contribution is -2.27. The van der Waals surface area contributed by atoms with Gasteiger partial charge < -0.3 is 15.7 Å². The van der Waals surface area contributed by atoms with Crippen molar-refractivity contribution in [3.63, 3.8) is 0 Å². The predicted molar refractivity (Wildman–Crippen MR) is 79.5 cm³/mol. The summed E-state index contributed by atoms with van der Waals surface area (Å²) in [6, 6.07) is 2.09. The molecule has 1 aromatic heterocycles. The van der Waals surface area contributed by atoms with Crippen LogP contribution in [0.5, 0.6) is 0 Å². The maximum Gasteiger partial charge on any atom is 0.133 e. The van der Waals surface area contributed by atoms with Crippen molar-refractivity contribution >= 4 is 11.6 Å². The van der Waals surface area contributed by atoms with E-state index in [4.69, 9.17) is 0 Å². The summed E-state index contributed by atoms with van der Waals surface area (Å²) < 4.78 is 0. The van der Waals surface area contributed by atoms with Gasteiger partial charge in [-0.1, -0.05) is 13.8 Å². The van der Waals surface area contributed by atoms with Gasteiger partial charge in [-0.2, -0.15) is 0 Å². The molecule has 0 amide bonds. The van der Waals surface area contributed by atoms with E-state index in [1.165, 1.54) is 0 Å². The van der Waals surface area contributed by atoms with Crippen LogP contribution in [0.15, 0.2) is 6.07 Å². The van der Waals surface area contributed by atoms with Gasteiger partial charge in [0.15, 0.2) is 0 Å². The maximum atomic E-state index is 9.18. The van der Waals surface area contributed by atoms with E-state index in [1.807, 2.05) is 19.9 Å². The number of hydrogen-bond acceptors (Lipinski definition) is 5. The Labute approximate surface area is 115 Å². The van der Waals surface area contributed by atoms with Gasteiger partial charge in [-0.3, -0.25) is 0 Å². The molecule has 2 atom stereocenters. The number of nitrogens with one attached hydrogen (secondary N) is 2. The van der Waals surface area contributed by atoms with E-state index in [0.717, 1.165) is 36.8 Å². The van der Waals surface area contributed by atoms with Crippen molar-refractivity contribution in [2.75, 3.05) is 23.8 Å². The molecule has 1 aromatic rings. The monoisotopic (exact) mass is 266 g/mol. The lowest BCUT2D eigenvalue weighted by atomic mass is 10.1. The first-order valence-corrected chi connectivity index (χ1v) is 7.09. The van der Waals surface area contributed by atoms with Gasteiger partial charge in [0.2, 0.25) is 0 Å². The second kappa shape index (κ2) is 7.94. The minimum atomic E-state index is 0.168. The summed E-state index contributed by atoms with van der Waals surface area (Å²) in [5.74, 6) is 2.72. The Hall–Kier alpha value is -1.36. The highest BCUT2D eigenvalue weighted by molar-refractivity contribution is 5.48. The number of aryl methyl sites for hydroxylation is 1. The van der Waals surface area contributed by atoms with E-state index in [9.17, 15) is 5.11 Å². The molecule has 5 nitrogen and oxygen atoms in total. The summed E-state index contributed by atoms with van der Waals surface area (Å²) in [6.45, 7) is 9.23. The van der Waals surface area contributed by atoms with E-state index in [1.54, 1.807) is 0 Å². The first-order valence-electron chi connectivity index (χ1n) is 7.09. The molecule has 108 valence electrons. The highest BCUT2D eigenvalue weighted by Crippen LogP contribution is 2.15. The van der Waals surface area contributed by atoms with Crippen LogP contribution in [-0.4, -0.2) is 34.3 Å². The van der Waals surface area contributed by atoms with Gasteiger partial charge in [-0.25, -0.2) is 9.97 Å². The van der Waals surface area contributed by atoms with Crippen LogP contribution in [0.2, 0.25) is 0 Å². The van der Waals surface area contributed by atoms with Crippen LogP contribution < -0.4 is 10.6 Å². The Balaban J connectivity index is 2.85. The summed E-state index contributed by atoms with van der Waals surface area (Å²) in [7, 11) is 0. The van der Waals surface area contributed by atoms with Gasteiger partial charge in [0, 0.05) is 31.7 Å². The fourth-order valence-corrected chi connectivity index (χ4v) is 1.71. The molecule has 0 saturated carbocycles. The number of aliphatic hydroxyl groups is 1. The molecule has 5 heteroatoms. The minimum absolute atomic E-state index is 0.168. The third-order valence-electron chi connectivity index (χ3n) is 3.12. The zero-order valence-electron chi connectivity index (χ0n) is 12.4. The second-order valence-electron chi connectivity index (χ2n) is 4.93. The van der Waals surface area contributed by atoms with Crippen molar-refractivity contribution in [2.24, 2.45) is 5.92 Å². The standard InChI is InChI=1S/C14H26N4O/c1-5-7-12-17-13(15-6-2)8-14(18-12)16-11(4)10(3)9-19/h8,10-11,19H,5-7,9H2,1-4H3,(H2,15,16,17,18). The van der Waals surface area contributed by atoms with Crippen LogP contribution in [0.25, 0.3) is 0 Å². The van der Waals surface area contributed by atoms with Gasteiger partial charge in [0.05, 0.1) is 0 Å². The number of hydrogen-bond donors (Lipinski definition) is 3. The van der Waals surface area contributed by atoms with Crippen LogP contribution in [0.4, 0.5) is 11.6 Å². The number of nitrogens with zero attached hydrogens (tertiary/aromatic N) is 2. The molecule has 0 bridgehead atoms. The van der Waals surface area contributed by atoms with E-state index < -0.39 is 0 Å². The first-order chi connectivity index (χ1) is 9.10. The Morgan fingerprint density at radius 1 is 1.21 bits per heavy atom.